The van der Waals surface area contributed by atoms with Crippen LogP contribution >= 0.6 is 0 Å². The van der Waals surface area contributed by atoms with Crippen LogP contribution in [-0.2, 0) is 0 Å². The maximum atomic E-state index is 4.48. The first-order chi connectivity index (χ1) is 7.83. The lowest BCUT2D eigenvalue weighted by Gasteiger charge is -1.95. The molecule has 1 aromatic rings. The lowest BCUT2D eigenvalue weighted by molar-refractivity contribution is -0.317. The molecule has 1 aromatic carbocycles. The Morgan fingerprint density at radius 2 is 2.00 bits per heavy atom. The van der Waals surface area contributed by atoms with Crippen molar-refractivity contribution in [3.05, 3.63) is 41.6 Å². The van der Waals surface area contributed by atoms with Gasteiger partial charge in [0.25, 0.3) is 0 Å². The zero-order chi connectivity index (χ0) is 11.0. The average Bonchev–Trinajstić information content (AvgIpc) is 2.73. The van der Waals surface area contributed by atoms with Crippen molar-refractivity contribution in [2.75, 3.05) is 0 Å². The van der Waals surface area contributed by atoms with Gasteiger partial charge >= 0.3 is 5.96 Å². The molecule has 0 aromatic heterocycles. The van der Waals surface area contributed by atoms with Gasteiger partial charge in [-0.3, -0.25) is 0 Å². The fourth-order valence-corrected chi connectivity index (χ4v) is 1.77. The van der Waals surface area contributed by atoms with E-state index in [-0.39, 0.29) is 0 Å². The Balaban J connectivity index is 2.01. The SMILES string of the molecule is Cc1ccc(C2=C[N+]3=CCC=NC3=N2)cc1. The largest absolute Gasteiger partial charge is 0.437 e. The predicted octanol–water partition coefficient (Wildman–Crippen LogP) is 2.22. The topological polar surface area (TPSA) is 27.7 Å². The summed E-state index contributed by atoms with van der Waals surface area (Å²) in [5.74, 6) is 0.766. The second-order valence-corrected chi connectivity index (χ2v) is 3.93. The third-order valence-electron chi connectivity index (χ3n) is 2.67. The van der Waals surface area contributed by atoms with Crippen molar-refractivity contribution in [1.29, 1.82) is 0 Å². The van der Waals surface area contributed by atoms with Gasteiger partial charge in [0.1, 0.15) is 6.20 Å². The fraction of sp³-hybridized carbons (Fsp3) is 0.154. The molecule has 0 amide bonds. The molecular formula is C13H12N3+. The number of nitrogens with zero attached hydrogens (tertiary/aromatic N) is 3. The highest BCUT2D eigenvalue weighted by atomic mass is 15.2. The molecule has 2 heterocycles. The van der Waals surface area contributed by atoms with Gasteiger partial charge in [-0.2, -0.15) is 0 Å². The minimum Gasteiger partial charge on any atom is -0.206 e. The number of benzene rings is 1. The number of guanidine groups is 1. The molecule has 0 saturated heterocycles. The molecule has 0 N–H and O–H groups in total. The van der Waals surface area contributed by atoms with E-state index in [0.29, 0.717) is 0 Å². The molecule has 78 valence electrons. The minimum atomic E-state index is 0.766. The Hall–Kier alpha value is -2.03. The van der Waals surface area contributed by atoms with Crippen molar-refractivity contribution in [1.82, 2.24) is 0 Å². The second kappa shape index (κ2) is 3.52. The van der Waals surface area contributed by atoms with Crippen LogP contribution in [0.4, 0.5) is 0 Å². The van der Waals surface area contributed by atoms with Gasteiger partial charge in [-0.05, 0) is 6.92 Å². The molecule has 0 saturated carbocycles. The zero-order valence-corrected chi connectivity index (χ0v) is 9.09. The highest BCUT2D eigenvalue weighted by Gasteiger charge is 2.24. The summed E-state index contributed by atoms with van der Waals surface area (Å²) in [6.45, 7) is 2.08. The maximum absolute atomic E-state index is 4.48. The minimum absolute atomic E-state index is 0.766. The van der Waals surface area contributed by atoms with Crippen molar-refractivity contribution in [3.8, 4) is 0 Å². The second-order valence-electron chi connectivity index (χ2n) is 3.93. The molecule has 0 bridgehead atoms. The van der Waals surface area contributed by atoms with Crippen LogP contribution < -0.4 is 0 Å². The molecule has 0 radical (unpaired) electrons. The highest BCUT2D eigenvalue weighted by molar-refractivity contribution is 5.97. The molecule has 0 unspecified atom stereocenters. The Bertz CT molecular complexity index is 545. The van der Waals surface area contributed by atoms with Gasteiger partial charge in [0.15, 0.2) is 5.70 Å². The number of hydrogen-bond acceptors (Lipinski definition) is 2. The summed E-state index contributed by atoms with van der Waals surface area (Å²) in [6.07, 6.45) is 6.85. The number of fused-ring (bicyclic) bond motifs is 1. The van der Waals surface area contributed by atoms with Gasteiger partial charge in [-0.15, -0.1) is 0 Å². The van der Waals surface area contributed by atoms with Crippen molar-refractivity contribution < 1.29 is 4.58 Å². The summed E-state index contributed by atoms with van der Waals surface area (Å²) in [4.78, 5) is 8.74. The van der Waals surface area contributed by atoms with Crippen LogP contribution in [0.5, 0.6) is 0 Å². The van der Waals surface area contributed by atoms with Gasteiger partial charge in [0.05, 0.1) is 12.4 Å². The Labute approximate surface area is 94.2 Å². The molecule has 2 aliphatic heterocycles. The molecule has 0 spiro atoms. The van der Waals surface area contributed by atoms with Crippen LogP contribution in [0.3, 0.4) is 0 Å². The summed E-state index contributed by atoms with van der Waals surface area (Å²) in [5, 5.41) is 0. The van der Waals surface area contributed by atoms with E-state index >= 15 is 0 Å². The molecule has 16 heavy (non-hydrogen) atoms. The van der Waals surface area contributed by atoms with E-state index in [4.69, 9.17) is 0 Å². The van der Waals surface area contributed by atoms with E-state index < -0.39 is 0 Å². The van der Waals surface area contributed by atoms with Crippen LogP contribution in [0.1, 0.15) is 17.5 Å². The first-order valence-corrected chi connectivity index (χ1v) is 5.35. The summed E-state index contributed by atoms with van der Waals surface area (Å²) in [6, 6.07) is 8.38. The number of rotatable bonds is 1. The molecule has 3 heteroatoms. The molecule has 3 nitrogen and oxygen atoms in total. The Morgan fingerprint density at radius 1 is 1.19 bits per heavy atom. The Morgan fingerprint density at radius 3 is 2.75 bits per heavy atom. The van der Waals surface area contributed by atoms with E-state index in [9.17, 15) is 0 Å². The van der Waals surface area contributed by atoms with Crippen LogP contribution in [0.15, 0.2) is 40.5 Å². The van der Waals surface area contributed by atoms with E-state index in [2.05, 4.69) is 47.4 Å². The normalized spacial score (nSPS) is 17.7. The summed E-state index contributed by atoms with van der Waals surface area (Å²) >= 11 is 0. The van der Waals surface area contributed by atoms with E-state index in [0.717, 1.165) is 23.6 Å². The van der Waals surface area contributed by atoms with E-state index in [1.165, 1.54) is 5.56 Å². The maximum Gasteiger partial charge on any atom is 0.437 e. The van der Waals surface area contributed by atoms with E-state index in [1.54, 1.807) is 0 Å². The monoisotopic (exact) mass is 210 g/mol. The molecule has 3 rings (SSSR count). The van der Waals surface area contributed by atoms with E-state index in [1.807, 2.05) is 17.0 Å². The first-order valence-electron chi connectivity index (χ1n) is 5.35. The van der Waals surface area contributed by atoms with Crippen molar-refractivity contribution in [3.63, 3.8) is 0 Å². The summed E-state index contributed by atoms with van der Waals surface area (Å²) in [7, 11) is 0. The lowest BCUT2D eigenvalue weighted by atomic mass is 10.1. The number of aryl methyl sites for hydroxylation is 1. The van der Waals surface area contributed by atoms with Crippen molar-refractivity contribution >= 4 is 24.1 Å². The molecule has 0 atom stereocenters. The predicted molar refractivity (Wildman–Crippen MR) is 66.0 cm³/mol. The van der Waals surface area contributed by atoms with Crippen LogP contribution in [-0.4, -0.2) is 23.0 Å². The summed E-state index contributed by atoms with van der Waals surface area (Å²) in [5.41, 5.74) is 3.37. The van der Waals surface area contributed by atoms with Gasteiger partial charge in [0.2, 0.25) is 0 Å². The quantitative estimate of drug-likeness (QED) is 0.636. The van der Waals surface area contributed by atoms with Crippen molar-refractivity contribution in [2.24, 2.45) is 9.98 Å². The number of hydrogen-bond donors (Lipinski definition) is 0. The van der Waals surface area contributed by atoms with Crippen LogP contribution in [0.2, 0.25) is 0 Å². The highest BCUT2D eigenvalue weighted by Crippen LogP contribution is 2.21. The van der Waals surface area contributed by atoms with Crippen LogP contribution in [0, 0.1) is 6.92 Å². The van der Waals surface area contributed by atoms with Gasteiger partial charge in [-0.25, -0.2) is 4.58 Å². The fourth-order valence-electron chi connectivity index (χ4n) is 1.77. The zero-order valence-electron chi connectivity index (χ0n) is 9.09. The molecular weight excluding hydrogens is 198 g/mol. The van der Waals surface area contributed by atoms with Crippen LogP contribution in [0.25, 0.3) is 5.70 Å². The summed E-state index contributed by atoms with van der Waals surface area (Å²) < 4.78 is 1.98. The third kappa shape index (κ3) is 1.50. The molecule has 0 aliphatic carbocycles. The number of aliphatic imine (C=N–C) groups is 2. The Kier molecular flexibility index (Phi) is 2.03. The third-order valence-corrected chi connectivity index (χ3v) is 2.67. The lowest BCUT2D eigenvalue weighted by Crippen LogP contribution is -2.15. The van der Waals surface area contributed by atoms with Gasteiger partial charge in [-0.1, -0.05) is 39.8 Å². The molecule has 2 aliphatic rings. The molecule has 0 fully saturated rings. The van der Waals surface area contributed by atoms with Crippen molar-refractivity contribution in [2.45, 2.75) is 13.3 Å². The smallest absolute Gasteiger partial charge is 0.206 e. The standard InChI is InChI=1S/C13H12N3/c1-10-3-5-11(6-4-10)12-9-16-8-2-7-14-13(16)15-12/h3-9H,2H2,1H3/q+1. The first kappa shape index (κ1) is 9.21. The average molecular weight is 210 g/mol. The van der Waals surface area contributed by atoms with Gasteiger partial charge < -0.3 is 0 Å². The van der Waals surface area contributed by atoms with Gasteiger partial charge in [0, 0.05) is 12.0 Å².